The summed E-state index contributed by atoms with van der Waals surface area (Å²) >= 11 is 0. The van der Waals surface area contributed by atoms with Crippen molar-refractivity contribution in [1.82, 2.24) is 0 Å². The molecule has 2 rings (SSSR count). The van der Waals surface area contributed by atoms with Crippen molar-refractivity contribution in [3.05, 3.63) is 29.3 Å². The number of hydrogen-bond donors (Lipinski definition) is 1. The average molecular weight is 309 g/mol. The van der Waals surface area contributed by atoms with E-state index in [1.54, 1.807) is 18.2 Å². The highest BCUT2D eigenvalue weighted by molar-refractivity contribution is 5.40. The van der Waals surface area contributed by atoms with Gasteiger partial charge >= 0.3 is 0 Å². The molecule has 1 atom stereocenters. The number of nitrogens with zero attached hydrogens (tertiary/aromatic N) is 1. The van der Waals surface area contributed by atoms with E-state index in [1.165, 1.54) is 0 Å². The minimum atomic E-state index is -2.52. The average Bonchev–Trinajstić information content (AvgIpc) is 2.47. The number of rotatable bonds is 5. The quantitative estimate of drug-likeness (QED) is 0.889. The van der Waals surface area contributed by atoms with Crippen LogP contribution in [0.5, 0.6) is 5.75 Å². The number of alkyl halides is 2. The number of benzene rings is 1. The SMILES string of the molecule is Cc1c(OCC2CCC(F)(F)CC2)cccc1C(O)CC#N. The monoisotopic (exact) mass is 309 g/mol. The van der Waals surface area contributed by atoms with Gasteiger partial charge in [-0.1, -0.05) is 12.1 Å². The van der Waals surface area contributed by atoms with Crippen molar-refractivity contribution < 1.29 is 18.6 Å². The highest BCUT2D eigenvalue weighted by Crippen LogP contribution is 2.36. The number of halogens is 2. The zero-order chi connectivity index (χ0) is 16.2. The van der Waals surface area contributed by atoms with E-state index in [0.717, 1.165) is 5.56 Å². The van der Waals surface area contributed by atoms with E-state index < -0.39 is 12.0 Å². The summed E-state index contributed by atoms with van der Waals surface area (Å²) in [5, 5.41) is 18.6. The van der Waals surface area contributed by atoms with E-state index in [9.17, 15) is 13.9 Å². The third-order valence-electron chi connectivity index (χ3n) is 4.28. The maximum atomic E-state index is 13.1. The smallest absolute Gasteiger partial charge is 0.248 e. The predicted molar refractivity (Wildman–Crippen MR) is 78.8 cm³/mol. The van der Waals surface area contributed by atoms with Crippen LogP contribution in [0.1, 0.15) is 49.3 Å². The van der Waals surface area contributed by atoms with Gasteiger partial charge < -0.3 is 9.84 Å². The molecular weight excluding hydrogens is 288 g/mol. The third-order valence-corrected chi connectivity index (χ3v) is 4.28. The second kappa shape index (κ2) is 7.06. The van der Waals surface area contributed by atoms with Gasteiger partial charge in [0.05, 0.1) is 25.2 Å². The maximum absolute atomic E-state index is 13.1. The van der Waals surface area contributed by atoms with Crippen molar-refractivity contribution in [1.29, 1.82) is 5.26 Å². The molecule has 1 fully saturated rings. The summed E-state index contributed by atoms with van der Waals surface area (Å²) in [6.45, 7) is 2.25. The van der Waals surface area contributed by atoms with Crippen LogP contribution in [0.25, 0.3) is 0 Å². The van der Waals surface area contributed by atoms with E-state index in [2.05, 4.69) is 0 Å². The van der Waals surface area contributed by atoms with E-state index >= 15 is 0 Å². The molecule has 0 spiro atoms. The first kappa shape index (κ1) is 16.7. The Bertz CT molecular complexity index is 544. The first-order valence-corrected chi connectivity index (χ1v) is 7.58. The lowest BCUT2D eigenvalue weighted by molar-refractivity contribution is -0.0498. The molecule has 0 aliphatic heterocycles. The lowest BCUT2D eigenvalue weighted by Gasteiger charge is -2.28. The largest absolute Gasteiger partial charge is 0.493 e. The second-order valence-electron chi connectivity index (χ2n) is 5.96. The molecule has 120 valence electrons. The van der Waals surface area contributed by atoms with Crippen molar-refractivity contribution >= 4 is 0 Å². The van der Waals surface area contributed by atoms with Crippen molar-refractivity contribution in [2.75, 3.05) is 6.61 Å². The highest BCUT2D eigenvalue weighted by atomic mass is 19.3. The van der Waals surface area contributed by atoms with Crippen molar-refractivity contribution in [2.45, 2.75) is 51.1 Å². The van der Waals surface area contributed by atoms with Gasteiger partial charge in [-0.15, -0.1) is 0 Å². The molecule has 0 bridgehead atoms. The van der Waals surface area contributed by atoms with Crippen molar-refractivity contribution in [3.63, 3.8) is 0 Å². The number of aliphatic hydroxyl groups is 1. The molecule has 1 N–H and O–H groups in total. The molecule has 0 radical (unpaired) electrons. The minimum absolute atomic E-state index is 0.0298. The minimum Gasteiger partial charge on any atom is -0.493 e. The topological polar surface area (TPSA) is 53.2 Å². The van der Waals surface area contributed by atoms with Crippen molar-refractivity contribution in [3.8, 4) is 11.8 Å². The molecule has 1 unspecified atom stereocenters. The molecular formula is C17H21F2NO2. The van der Waals surface area contributed by atoms with Crippen LogP contribution >= 0.6 is 0 Å². The Kier molecular flexibility index (Phi) is 5.36. The number of ether oxygens (including phenoxy) is 1. The molecule has 1 aromatic carbocycles. The fourth-order valence-electron chi connectivity index (χ4n) is 2.82. The molecule has 1 aliphatic rings. The van der Waals surface area contributed by atoms with Crippen LogP contribution in [-0.4, -0.2) is 17.6 Å². The molecule has 1 aliphatic carbocycles. The summed E-state index contributed by atoms with van der Waals surface area (Å²) in [6, 6.07) is 7.28. The van der Waals surface area contributed by atoms with Crippen LogP contribution in [0, 0.1) is 24.2 Å². The van der Waals surface area contributed by atoms with Crippen LogP contribution in [0.2, 0.25) is 0 Å². The van der Waals surface area contributed by atoms with Crippen LogP contribution in [0.3, 0.4) is 0 Å². The van der Waals surface area contributed by atoms with E-state index in [0.29, 0.717) is 30.8 Å². The Labute approximate surface area is 129 Å². The second-order valence-corrected chi connectivity index (χ2v) is 5.96. The third kappa shape index (κ3) is 4.17. The van der Waals surface area contributed by atoms with Gasteiger partial charge in [0, 0.05) is 12.8 Å². The lowest BCUT2D eigenvalue weighted by Crippen LogP contribution is -2.27. The molecule has 3 nitrogen and oxygen atoms in total. The maximum Gasteiger partial charge on any atom is 0.248 e. The van der Waals surface area contributed by atoms with Crippen LogP contribution in [0.15, 0.2) is 18.2 Å². The van der Waals surface area contributed by atoms with Gasteiger partial charge in [0.2, 0.25) is 5.92 Å². The van der Waals surface area contributed by atoms with Crippen LogP contribution in [0.4, 0.5) is 8.78 Å². The van der Waals surface area contributed by atoms with Gasteiger partial charge in [-0.2, -0.15) is 5.26 Å². The first-order chi connectivity index (χ1) is 10.4. The molecule has 22 heavy (non-hydrogen) atoms. The zero-order valence-electron chi connectivity index (χ0n) is 12.7. The molecule has 0 aromatic heterocycles. The number of hydrogen-bond acceptors (Lipinski definition) is 3. The Morgan fingerprint density at radius 3 is 2.73 bits per heavy atom. The highest BCUT2D eigenvalue weighted by Gasteiger charge is 2.35. The summed E-state index contributed by atoms with van der Waals surface area (Å²) in [6.07, 6.45) is 0.0112. The van der Waals surface area contributed by atoms with Gasteiger partial charge in [0.1, 0.15) is 5.75 Å². The van der Waals surface area contributed by atoms with E-state index in [4.69, 9.17) is 10.00 Å². The Morgan fingerprint density at radius 1 is 1.41 bits per heavy atom. The predicted octanol–water partition coefficient (Wildman–Crippen LogP) is 4.15. The summed E-state index contributed by atoms with van der Waals surface area (Å²) in [5.41, 5.74) is 1.47. The zero-order valence-corrected chi connectivity index (χ0v) is 12.7. The summed E-state index contributed by atoms with van der Waals surface area (Å²) < 4.78 is 32.0. The standard InChI is InChI=1S/C17H21F2NO2/c1-12-14(15(21)7-10-20)3-2-4-16(12)22-11-13-5-8-17(18,19)9-6-13/h2-4,13,15,21H,5-9,11H2,1H3. The Balaban J connectivity index is 1.96. The first-order valence-electron chi connectivity index (χ1n) is 7.58. The van der Waals surface area contributed by atoms with Crippen molar-refractivity contribution in [2.24, 2.45) is 5.92 Å². The Hall–Kier alpha value is -1.67. The van der Waals surface area contributed by atoms with E-state index in [-0.39, 0.29) is 25.2 Å². The van der Waals surface area contributed by atoms with Crippen LogP contribution < -0.4 is 4.74 Å². The normalized spacial score (nSPS) is 19.4. The van der Waals surface area contributed by atoms with Gasteiger partial charge in [-0.3, -0.25) is 0 Å². The van der Waals surface area contributed by atoms with Gasteiger partial charge in [0.15, 0.2) is 0 Å². The number of nitriles is 1. The summed E-state index contributed by atoms with van der Waals surface area (Å²) in [7, 11) is 0. The molecule has 1 aromatic rings. The summed E-state index contributed by atoms with van der Waals surface area (Å²) in [5.74, 6) is -1.73. The molecule has 1 saturated carbocycles. The van der Waals surface area contributed by atoms with Gasteiger partial charge in [0.25, 0.3) is 0 Å². The molecule has 0 amide bonds. The van der Waals surface area contributed by atoms with Crippen LogP contribution in [-0.2, 0) is 0 Å². The van der Waals surface area contributed by atoms with E-state index in [1.807, 2.05) is 13.0 Å². The fourth-order valence-corrected chi connectivity index (χ4v) is 2.82. The fraction of sp³-hybridized carbons (Fsp3) is 0.588. The molecule has 0 saturated heterocycles. The molecule has 0 heterocycles. The summed E-state index contributed by atoms with van der Waals surface area (Å²) in [4.78, 5) is 0. The van der Waals surface area contributed by atoms with Gasteiger partial charge in [-0.05, 0) is 42.9 Å². The Morgan fingerprint density at radius 2 is 2.09 bits per heavy atom. The molecule has 5 heteroatoms. The lowest BCUT2D eigenvalue weighted by atomic mass is 9.87. The number of aliphatic hydroxyl groups excluding tert-OH is 1. The van der Waals surface area contributed by atoms with Gasteiger partial charge in [-0.25, -0.2) is 8.78 Å².